The van der Waals surface area contributed by atoms with E-state index in [2.05, 4.69) is 4.13 Å². The van der Waals surface area contributed by atoms with E-state index in [1.165, 1.54) is 11.9 Å². The Labute approximate surface area is 44.3 Å². The maximum Gasteiger partial charge on any atom is 0.217 e. The Hall–Kier alpha value is 0.330. The zero-order valence-electron chi connectivity index (χ0n) is 2.88. The molecule has 1 saturated heterocycles. The molecule has 2 nitrogen and oxygen atoms in total. The van der Waals surface area contributed by atoms with Gasteiger partial charge in [0, 0.05) is 11.9 Å². The van der Waals surface area contributed by atoms with Gasteiger partial charge in [-0.2, -0.15) is 0 Å². The summed E-state index contributed by atoms with van der Waals surface area (Å²) in [6.45, 7) is 0. The second-order valence-electron chi connectivity index (χ2n) is 0.811. The number of carbonyl (C=O) groups excluding carboxylic acids is 1. The van der Waals surface area contributed by atoms with E-state index >= 15 is 0 Å². The number of hydrogen-bond donors (Lipinski definition) is 0. The topological polar surface area (TPSA) is 31.2 Å². The van der Waals surface area contributed by atoms with E-state index in [4.69, 9.17) is 0 Å². The molecule has 4 heteroatoms. The molecular formula is C2H2NOS2. The summed E-state index contributed by atoms with van der Waals surface area (Å²) in [5, 5.41) is 0.167. The van der Waals surface area contributed by atoms with Crippen LogP contribution < -0.4 is 4.13 Å². The van der Waals surface area contributed by atoms with Gasteiger partial charge in [0.05, 0.1) is 5.75 Å². The fourth-order valence-corrected chi connectivity index (χ4v) is 1.40. The minimum atomic E-state index is 0.167. The Bertz CT molecular complexity index is 65.9. The van der Waals surface area contributed by atoms with E-state index in [0.717, 1.165) is 11.9 Å². The highest BCUT2D eigenvalue weighted by Gasteiger charge is 2.10. The third kappa shape index (κ3) is 0.894. The molecule has 1 aliphatic heterocycles. The Morgan fingerprint density at radius 3 is 2.83 bits per heavy atom. The van der Waals surface area contributed by atoms with Crippen molar-refractivity contribution in [3.05, 3.63) is 0 Å². The maximum absolute atomic E-state index is 10.1. The van der Waals surface area contributed by atoms with Gasteiger partial charge in [-0.15, -0.1) is 0 Å². The van der Waals surface area contributed by atoms with Crippen molar-refractivity contribution in [2.45, 2.75) is 0 Å². The summed E-state index contributed by atoms with van der Waals surface area (Å²) in [5.74, 6) is 0.560. The first-order valence-corrected chi connectivity index (χ1v) is 3.13. The molecule has 1 rings (SSSR count). The highest BCUT2D eigenvalue weighted by molar-refractivity contribution is 8.25. The fourth-order valence-electron chi connectivity index (χ4n) is 0.173. The molecule has 1 aliphatic rings. The minimum Gasteiger partial charge on any atom is -0.285 e. The van der Waals surface area contributed by atoms with Gasteiger partial charge >= 0.3 is 0 Å². The summed E-state index contributed by atoms with van der Waals surface area (Å²) >= 11 is 2.37. The van der Waals surface area contributed by atoms with E-state index in [-0.39, 0.29) is 5.12 Å². The van der Waals surface area contributed by atoms with Crippen molar-refractivity contribution in [1.29, 1.82) is 0 Å². The van der Waals surface area contributed by atoms with E-state index in [1.807, 2.05) is 0 Å². The summed E-state index contributed by atoms with van der Waals surface area (Å²) < 4.78 is 3.65. The lowest BCUT2D eigenvalue weighted by Crippen LogP contribution is -1.82. The van der Waals surface area contributed by atoms with Crippen LogP contribution in [0.1, 0.15) is 0 Å². The van der Waals surface area contributed by atoms with E-state index in [1.54, 1.807) is 0 Å². The highest BCUT2D eigenvalue weighted by Crippen LogP contribution is 2.17. The third-order valence-electron chi connectivity index (χ3n) is 0.374. The first-order valence-electron chi connectivity index (χ1n) is 1.42. The lowest BCUT2D eigenvalue weighted by Gasteiger charge is -1.67. The normalized spacial score (nSPS) is 22.3. The van der Waals surface area contributed by atoms with Crippen LogP contribution in [0.25, 0.3) is 0 Å². The zero-order chi connectivity index (χ0) is 4.41. The van der Waals surface area contributed by atoms with Crippen molar-refractivity contribution >= 4 is 29.0 Å². The lowest BCUT2D eigenvalue weighted by atomic mass is 10.9. The predicted octanol–water partition coefficient (Wildman–Crippen LogP) is 0.427. The van der Waals surface area contributed by atoms with Crippen molar-refractivity contribution in [2.75, 3.05) is 5.75 Å². The average molecular weight is 120 g/mol. The molecule has 0 unspecified atom stereocenters. The van der Waals surface area contributed by atoms with Crippen LogP contribution in [0.4, 0.5) is 0 Å². The molecule has 0 amide bonds. The van der Waals surface area contributed by atoms with Gasteiger partial charge in [0.15, 0.2) is 0 Å². The number of nitrogens with zero attached hydrogens (tertiary/aromatic N) is 1. The monoisotopic (exact) mass is 120 g/mol. The van der Waals surface area contributed by atoms with Crippen LogP contribution in [0.2, 0.25) is 0 Å². The molecule has 0 saturated carbocycles. The summed E-state index contributed by atoms with van der Waals surface area (Å²) in [6.07, 6.45) is 0. The van der Waals surface area contributed by atoms with Crippen molar-refractivity contribution in [2.24, 2.45) is 0 Å². The van der Waals surface area contributed by atoms with Crippen LogP contribution in [0.15, 0.2) is 0 Å². The summed E-state index contributed by atoms with van der Waals surface area (Å²) in [5.41, 5.74) is 0. The second-order valence-corrected chi connectivity index (χ2v) is 2.59. The molecule has 0 N–H and O–H groups in total. The molecule has 0 aliphatic carbocycles. The van der Waals surface area contributed by atoms with Crippen LogP contribution >= 0.6 is 23.9 Å². The van der Waals surface area contributed by atoms with Crippen molar-refractivity contribution < 1.29 is 4.79 Å². The largest absolute Gasteiger partial charge is 0.285 e. The predicted molar refractivity (Wildman–Crippen MR) is 27.2 cm³/mol. The van der Waals surface area contributed by atoms with Crippen molar-refractivity contribution in [3.8, 4) is 0 Å². The molecule has 0 bridgehead atoms. The first kappa shape index (κ1) is 4.49. The average Bonchev–Trinajstić information content (AvgIpc) is 1.86. The first-order chi connectivity index (χ1) is 2.89. The van der Waals surface area contributed by atoms with Crippen LogP contribution in [-0.4, -0.2) is 10.9 Å². The molecule has 0 aromatic rings. The van der Waals surface area contributed by atoms with E-state index in [9.17, 15) is 4.79 Å². The summed E-state index contributed by atoms with van der Waals surface area (Å²) in [4.78, 5) is 10.1. The standard InChI is InChI=1S/C2H2NOS2/c4-2-1-5-3-6-2/h1H2. The van der Waals surface area contributed by atoms with E-state index < -0.39 is 0 Å². The Balaban J connectivity index is 2.37. The number of carbonyl (C=O) groups is 1. The van der Waals surface area contributed by atoms with Gasteiger partial charge in [-0.1, -0.05) is 4.13 Å². The molecule has 1 fully saturated rings. The number of hydrogen-bond acceptors (Lipinski definition) is 3. The second kappa shape index (κ2) is 1.86. The van der Waals surface area contributed by atoms with Crippen LogP contribution in [0.3, 0.4) is 0 Å². The maximum atomic E-state index is 10.1. The molecule has 1 radical (unpaired) electrons. The Kier molecular flexibility index (Phi) is 1.39. The third-order valence-corrected chi connectivity index (χ3v) is 2.02. The SMILES string of the molecule is O=C1CS[N]S1. The van der Waals surface area contributed by atoms with Crippen LogP contribution in [0, 0.1) is 0 Å². The molecule has 0 aromatic carbocycles. The van der Waals surface area contributed by atoms with Gasteiger partial charge in [0.1, 0.15) is 0 Å². The summed E-state index contributed by atoms with van der Waals surface area (Å²) in [6, 6.07) is 0. The molecule has 6 heavy (non-hydrogen) atoms. The quantitative estimate of drug-likeness (QED) is 0.434. The van der Waals surface area contributed by atoms with Crippen molar-refractivity contribution in [1.82, 2.24) is 4.13 Å². The van der Waals surface area contributed by atoms with Crippen LogP contribution in [0.5, 0.6) is 0 Å². The van der Waals surface area contributed by atoms with Gasteiger partial charge in [0.2, 0.25) is 5.12 Å². The summed E-state index contributed by atoms with van der Waals surface area (Å²) in [7, 11) is 0. The fraction of sp³-hybridized carbons (Fsp3) is 0.500. The van der Waals surface area contributed by atoms with Gasteiger partial charge in [-0.05, 0) is 11.9 Å². The van der Waals surface area contributed by atoms with Crippen molar-refractivity contribution in [3.63, 3.8) is 0 Å². The Morgan fingerprint density at radius 2 is 2.67 bits per heavy atom. The lowest BCUT2D eigenvalue weighted by molar-refractivity contribution is -0.108. The molecule has 1 heterocycles. The van der Waals surface area contributed by atoms with Gasteiger partial charge in [-0.25, -0.2) is 0 Å². The molecule has 0 spiro atoms. The molecule has 0 aromatic heterocycles. The molecular weight excluding hydrogens is 118 g/mol. The smallest absolute Gasteiger partial charge is 0.217 e. The Morgan fingerprint density at radius 1 is 1.83 bits per heavy atom. The van der Waals surface area contributed by atoms with Gasteiger partial charge in [0.25, 0.3) is 0 Å². The zero-order valence-corrected chi connectivity index (χ0v) is 4.51. The van der Waals surface area contributed by atoms with Gasteiger partial charge < -0.3 is 0 Å². The minimum absolute atomic E-state index is 0.167. The number of rotatable bonds is 0. The molecule has 0 atom stereocenters. The molecule has 33 valence electrons. The highest BCUT2D eigenvalue weighted by atomic mass is 32.2. The van der Waals surface area contributed by atoms with Gasteiger partial charge in [-0.3, -0.25) is 4.79 Å². The van der Waals surface area contributed by atoms with Crippen LogP contribution in [-0.2, 0) is 4.79 Å². The van der Waals surface area contributed by atoms with E-state index in [0.29, 0.717) is 5.75 Å².